The Hall–Kier alpha value is -0.400. The summed E-state index contributed by atoms with van der Waals surface area (Å²) in [6.45, 7) is 2.61. The molecule has 1 aliphatic rings. The number of piperidine rings is 1. The van der Waals surface area contributed by atoms with Gasteiger partial charge in [-0.3, -0.25) is 4.79 Å². The van der Waals surface area contributed by atoms with Crippen molar-refractivity contribution in [2.45, 2.75) is 32.2 Å². The van der Waals surface area contributed by atoms with Gasteiger partial charge in [0.25, 0.3) is 5.91 Å². The summed E-state index contributed by atoms with van der Waals surface area (Å²) in [5.41, 5.74) is 0. The number of hydrogen-bond donors (Lipinski definition) is 0. The zero-order valence-electron chi connectivity index (χ0n) is 11.0. The summed E-state index contributed by atoms with van der Waals surface area (Å²) in [7, 11) is 0. The molecule has 0 bridgehead atoms. The van der Waals surface area contributed by atoms with Crippen LogP contribution in [0.15, 0.2) is 14.3 Å². The molecule has 1 aliphatic heterocycles. The monoisotopic (exact) mass is 423 g/mol. The number of hydrogen-bond acceptors (Lipinski definition) is 4. The van der Waals surface area contributed by atoms with Crippen molar-refractivity contribution in [2.24, 2.45) is 0 Å². The van der Waals surface area contributed by atoms with Crippen molar-refractivity contribution in [1.82, 2.24) is 4.90 Å². The van der Waals surface area contributed by atoms with E-state index in [-0.39, 0.29) is 18.6 Å². The molecule has 1 amide bonds. The Bertz CT molecular complexity index is 498. The number of ether oxygens (including phenoxy) is 1. The molecular weight excluding hydrogens is 410 g/mol. The maximum atomic E-state index is 12.1. The van der Waals surface area contributed by atoms with E-state index in [4.69, 9.17) is 4.74 Å². The maximum Gasteiger partial charge on any atom is 0.348 e. The molecule has 0 saturated carbocycles. The number of likely N-dealkylation sites (tertiary alicyclic amines) is 1. The third-order valence-electron chi connectivity index (χ3n) is 3.30. The SMILES string of the molecule is CC1CCCCN1C(=O)COC(=O)c1cc(Br)c(Br)s1. The molecule has 110 valence electrons. The summed E-state index contributed by atoms with van der Waals surface area (Å²) >= 11 is 7.92. The van der Waals surface area contributed by atoms with Gasteiger partial charge in [0, 0.05) is 17.1 Å². The number of rotatable bonds is 3. The van der Waals surface area contributed by atoms with Gasteiger partial charge in [-0.25, -0.2) is 4.79 Å². The van der Waals surface area contributed by atoms with E-state index in [1.807, 2.05) is 6.92 Å². The van der Waals surface area contributed by atoms with Crippen LogP contribution >= 0.6 is 43.2 Å². The van der Waals surface area contributed by atoms with E-state index < -0.39 is 5.97 Å². The topological polar surface area (TPSA) is 46.6 Å². The Morgan fingerprint density at radius 3 is 2.80 bits per heavy atom. The summed E-state index contributed by atoms with van der Waals surface area (Å²) < 4.78 is 6.74. The highest BCUT2D eigenvalue weighted by atomic mass is 79.9. The van der Waals surface area contributed by atoms with Gasteiger partial charge in [-0.1, -0.05) is 0 Å². The van der Waals surface area contributed by atoms with Crippen LogP contribution in [-0.4, -0.2) is 36.0 Å². The summed E-state index contributed by atoms with van der Waals surface area (Å²) in [5, 5.41) is 0. The fourth-order valence-electron chi connectivity index (χ4n) is 2.20. The Morgan fingerprint density at radius 1 is 1.45 bits per heavy atom. The van der Waals surface area contributed by atoms with Crippen LogP contribution in [-0.2, 0) is 9.53 Å². The second-order valence-corrected chi connectivity index (χ2v) is 7.96. The molecule has 0 aromatic carbocycles. The summed E-state index contributed by atoms with van der Waals surface area (Å²) in [6, 6.07) is 1.92. The van der Waals surface area contributed by atoms with E-state index in [0.717, 1.165) is 34.1 Å². The number of amides is 1. The second kappa shape index (κ2) is 7.04. The zero-order chi connectivity index (χ0) is 14.7. The second-order valence-electron chi connectivity index (χ2n) is 4.74. The molecule has 2 heterocycles. The Morgan fingerprint density at radius 2 is 2.20 bits per heavy atom. The average Bonchev–Trinajstić information content (AvgIpc) is 2.76. The van der Waals surface area contributed by atoms with Crippen molar-refractivity contribution in [3.8, 4) is 0 Å². The fourth-order valence-corrected chi connectivity index (χ4v) is 4.13. The van der Waals surface area contributed by atoms with E-state index >= 15 is 0 Å². The van der Waals surface area contributed by atoms with E-state index in [9.17, 15) is 9.59 Å². The summed E-state index contributed by atoms with van der Waals surface area (Å²) in [6.07, 6.45) is 3.20. The van der Waals surface area contributed by atoms with Crippen LogP contribution in [0.25, 0.3) is 0 Å². The Labute approximate surface area is 138 Å². The molecule has 4 nitrogen and oxygen atoms in total. The van der Waals surface area contributed by atoms with Gasteiger partial charge in [0.15, 0.2) is 6.61 Å². The number of nitrogens with zero attached hydrogens (tertiary/aromatic N) is 1. The first-order chi connectivity index (χ1) is 9.49. The van der Waals surface area contributed by atoms with Crippen LogP contribution in [0.3, 0.4) is 0 Å². The lowest BCUT2D eigenvalue weighted by atomic mass is 10.0. The molecule has 20 heavy (non-hydrogen) atoms. The average molecular weight is 425 g/mol. The quantitative estimate of drug-likeness (QED) is 0.692. The first-order valence-electron chi connectivity index (χ1n) is 6.40. The predicted molar refractivity (Wildman–Crippen MR) is 85.0 cm³/mol. The lowest BCUT2D eigenvalue weighted by molar-refractivity contribution is -0.137. The molecule has 0 radical (unpaired) electrons. The minimum atomic E-state index is -0.459. The third-order valence-corrected chi connectivity index (χ3v) is 6.53. The van der Waals surface area contributed by atoms with E-state index in [1.54, 1.807) is 11.0 Å². The lowest BCUT2D eigenvalue weighted by Gasteiger charge is -2.33. The largest absolute Gasteiger partial charge is 0.451 e. The van der Waals surface area contributed by atoms with Crippen molar-refractivity contribution >= 4 is 55.1 Å². The minimum absolute atomic E-state index is 0.111. The molecule has 0 aliphatic carbocycles. The maximum absolute atomic E-state index is 12.1. The van der Waals surface area contributed by atoms with Crippen LogP contribution in [0.1, 0.15) is 35.9 Å². The molecule has 1 aromatic rings. The molecule has 1 saturated heterocycles. The van der Waals surface area contributed by atoms with Crippen molar-refractivity contribution < 1.29 is 14.3 Å². The minimum Gasteiger partial charge on any atom is -0.451 e. The van der Waals surface area contributed by atoms with Crippen molar-refractivity contribution in [1.29, 1.82) is 0 Å². The van der Waals surface area contributed by atoms with Gasteiger partial charge in [0.05, 0.1) is 3.79 Å². The van der Waals surface area contributed by atoms with E-state index in [2.05, 4.69) is 31.9 Å². The van der Waals surface area contributed by atoms with Gasteiger partial charge in [-0.2, -0.15) is 0 Å². The van der Waals surface area contributed by atoms with Crippen LogP contribution in [0.4, 0.5) is 0 Å². The number of esters is 1. The zero-order valence-corrected chi connectivity index (χ0v) is 15.0. The molecule has 0 spiro atoms. The van der Waals surface area contributed by atoms with Crippen molar-refractivity contribution in [3.63, 3.8) is 0 Å². The Balaban J connectivity index is 1.88. The van der Waals surface area contributed by atoms with Crippen LogP contribution in [0.5, 0.6) is 0 Å². The van der Waals surface area contributed by atoms with E-state index in [1.165, 1.54) is 11.3 Å². The molecule has 1 aromatic heterocycles. The van der Waals surface area contributed by atoms with Crippen LogP contribution in [0.2, 0.25) is 0 Å². The molecule has 1 atom stereocenters. The smallest absolute Gasteiger partial charge is 0.348 e. The van der Waals surface area contributed by atoms with Crippen molar-refractivity contribution in [2.75, 3.05) is 13.2 Å². The predicted octanol–water partition coefficient (Wildman–Crippen LogP) is 3.83. The normalized spacial score (nSPS) is 18.9. The third kappa shape index (κ3) is 3.83. The summed E-state index contributed by atoms with van der Waals surface area (Å²) in [4.78, 5) is 26.2. The number of thiophene rings is 1. The van der Waals surface area contributed by atoms with E-state index in [0.29, 0.717) is 4.88 Å². The first kappa shape index (κ1) is 16.0. The van der Waals surface area contributed by atoms with Gasteiger partial charge in [0.2, 0.25) is 0 Å². The number of carbonyl (C=O) groups excluding carboxylic acids is 2. The fraction of sp³-hybridized carbons (Fsp3) is 0.538. The summed E-state index contributed by atoms with van der Waals surface area (Å²) in [5.74, 6) is -0.570. The highest BCUT2D eigenvalue weighted by Gasteiger charge is 2.24. The van der Waals surface area contributed by atoms with Crippen LogP contribution < -0.4 is 0 Å². The number of halogens is 2. The van der Waals surface area contributed by atoms with Gasteiger partial charge < -0.3 is 9.64 Å². The van der Waals surface area contributed by atoms with Crippen molar-refractivity contribution in [3.05, 3.63) is 19.2 Å². The van der Waals surface area contributed by atoms with Crippen LogP contribution in [0, 0.1) is 0 Å². The molecule has 2 rings (SSSR count). The molecule has 1 unspecified atom stereocenters. The van der Waals surface area contributed by atoms with Gasteiger partial charge in [0.1, 0.15) is 4.88 Å². The molecular formula is C13H15Br2NO3S. The highest BCUT2D eigenvalue weighted by Crippen LogP contribution is 2.32. The van der Waals surface area contributed by atoms with Gasteiger partial charge in [-0.15, -0.1) is 11.3 Å². The molecule has 0 N–H and O–H groups in total. The number of carbonyl (C=O) groups is 2. The standard InChI is InChI=1S/C13H15Br2NO3S/c1-8-4-2-3-5-16(8)11(17)7-19-13(18)10-6-9(14)12(15)20-10/h6,8H,2-5,7H2,1H3. The highest BCUT2D eigenvalue weighted by molar-refractivity contribution is 9.13. The van der Waals surface area contributed by atoms with Gasteiger partial charge >= 0.3 is 5.97 Å². The first-order valence-corrected chi connectivity index (χ1v) is 8.80. The molecule has 1 fully saturated rings. The molecule has 7 heteroatoms. The lowest BCUT2D eigenvalue weighted by Crippen LogP contribution is -2.44. The Kier molecular flexibility index (Phi) is 5.63. The van der Waals surface area contributed by atoms with Gasteiger partial charge in [-0.05, 0) is 64.1 Å².